The summed E-state index contributed by atoms with van der Waals surface area (Å²) in [6.45, 7) is 2.34. The van der Waals surface area contributed by atoms with E-state index >= 15 is 0 Å². The van der Waals surface area contributed by atoms with Gasteiger partial charge in [-0.25, -0.2) is 0 Å². The second-order valence-electron chi connectivity index (χ2n) is 5.54. The molecule has 0 radical (unpaired) electrons. The predicted molar refractivity (Wildman–Crippen MR) is 95.5 cm³/mol. The summed E-state index contributed by atoms with van der Waals surface area (Å²) < 4.78 is 10.2. The fourth-order valence-electron chi connectivity index (χ4n) is 2.31. The van der Waals surface area contributed by atoms with Crippen LogP contribution in [0.4, 0.5) is 0 Å². The minimum absolute atomic E-state index is 0.179. The minimum atomic E-state index is -0.367. The highest BCUT2D eigenvalue weighted by molar-refractivity contribution is 7.13. The molecule has 1 amide bonds. The Morgan fingerprint density at radius 1 is 1.32 bits per heavy atom. The van der Waals surface area contributed by atoms with Gasteiger partial charge in [-0.15, -0.1) is 11.3 Å². The monoisotopic (exact) mass is 357 g/mol. The van der Waals surface area contributed by atoms with Crippen LogP contribution in [0.1, 0.15) is 35.0 Å². The van der Waals surface area contributed by atoms with E-state index in [9.17, 15) is 4.79 Å². The number of aromatic nitrogens is 2. The minimum Gasteiger partial charge on any atom is -0.384 e. The van der Waals surface area contributed by atoms with Crippen LogP contribution in [0.5, 0.6) is 0 Å². The number of amides is 1. The number of hydrogen-bond donors (Lipinski definition) is 1. The first-order valence-corrected chi connectivity index (χ1v) is 8.81. The highest BCUT2D eigenvalue weighted by Crippen LogP contribution is 2.24. The van der Waals surface area contributed by atoms with Crippen molar-refractivity contribution in [2.75, 3.05) is 13.7 Å². The van der Waals surface area contributed by atoms with Gasteiger partial charge in [0.2, 0.25) is 5.89 Å². The van der Waals surface area contributed by atoms with Crippen LogP contribution in [0.2, 0.25) is 0 Å². The summed E-state index contributed by atoms with van der Waals surface area (Å²) in [5, 5.41) is 8.78. The maximum atomic E-state index is 12.4. The molecule has 1 aromatic carbocycles. The maximum Gasteiger partial charge on any atom is 0.251 e. The number of carbonyl (C=O) groups excluding carboxylic acids is 1. The topological polar surface area (TPSA) is 77.3 Å². The van der Waals surface area contributed by atoms with E-state index in [-0.39, 0.29) is 11.9 Å². The lowest BCUT2D eigenvalue weighted by atomic mass is 10.1. The first kappa shape index (κ1) is 17.3. The Balaban J connectivity index is 1.62. The number of thiophene rings is 1. The van der Waals surface area contributed by atoms with Crippen molar-refractivity contribution < 1.29 is 14.1 Å². The van der Waals surface area contributed by atoms with Gasteiger partial charge in [0.05, 0.1) is 6.61 Å². The van der Waals surface area contributed by atoms with Gasteiger partial charge in [-0.05, 0) is 36.1 Å². The van der Waals surface area contributed by atoms with Gasteiger partial charge in [0.15, 0.2) is 5.82 Å². The molecule has 0 spiro atoms. The molecule has 6 nitrogen and oxygen atoms in total. The van der Waals surface area contributed by atoms with E-state index in [2.05, 4.69) is 21.5 Å². The van der Waals surface area contributed by atoms with Crippen LogP contribution in [0.15, 0.2) is 46.3 Å². The van der Waals surface area contributed by atoms with Gasteiger partial charge in [0.1, 0.15) is 6.04 Å². The normalized spacial score (nSPS) is 12.1. The number of hydrogen-bond acceptors (Lipinski definition) is 6. The van der Waals surface area contributed by atoms with Crippen molar-refractivity contribution in [1.29, 1.82) is 0 Å². The summed E-state index contributed by atoms with van der Waals surface area (Å²) in [5.74, 6) is 0.773. The quantitative estimate of drug-likeness (QED) is 0.700. The second kappa shape index (κ2) is 8.04. The third kappa shape index (κ3) is 4.32. The van der Waals surface area contributed by atoms with Crippen LogP contribution in [-0.4, -0.2) is 29.8 Å². The zero-order chi connectivity index (χ0) is 17.6. The third-order valence-corrected chi connectivity index (χ3v) is 4.60. The summed E-state index contributed by atoms with van der Waals surface area (Å²) in [6.07, 6.45) is 0.574. The smallest absolute Gasteiger partial charge is 0.251 e. The molecule has 1 atom stereocenters. The average Bonchev–Trinajstić information content (AvgIpc) is 3.32. The SMILES string of the molecule is COCCc1noc(C(C)NC(=O)c2ccc(-c3cccs3)cc2)n1. The summed E-state index contributed by atoms with van der Waals surface area (Å²) in [7, 11) is 1.62. The van der Waals surface area contributed by atoms with E-state index in [0.29, 0.717) is 30.3 Å². The van der Waals surface area contributed by atoms with Gasteiger partial charge in [-0.2, -0.15) is 4.98 Å². The average molecular weight is 357 g/mol. The Hall–Kier alpha value is -2.51. The summed E-state index contributed by atoms with van der Waals surface area (Å²) in [6, 6.07) is 11.2. The van der Waals surface area contributed by atoms with Crippen LogP contribution < -0.4 is 5.32 Å². The van der Waals surface area contributed by atoms with Crippen molar-refractivity contribution in [3.05, 3.63) is 59.1 Å². The highest BCUT2D eigenvalue weighted by Gasteiger charge is 2.17. The Kier molecular flexibility index (Phi) is 5.57. The van der Waals surface area contributed by atoms with Crippen molar-refractivity contribution in [3.8, 4) is 10.4 Å². The Labute approximate surface area is 149 Å². The summed E-state index contributed by atoms with van der Waals surface area (Å²) >= 11 is 1.67. The largest absolute Gasteiger partial charge is 0.384 e. The maximum absolute atomic E-state index is 12.4. The van der Waals surface area contributed by atoms with E-state index in [1.165, 1.54) is 4.88 Å². The van der Waals surface area contributed by atoms with Crippen molar-refractivity contribution in [1.82, 2.24) is 15.5 Å². The first-order valence-electron chi connectivity index (χ1n) is 7.93. The molecule has 0 saturated carbocycles. The molecule has 1 unspecified atom stereocenters. The number of nitrogens with zero attached hydrogens (tertiary/aromatic N) is 2. The lowest BCUT2D eigenvalue weighted by molar-refractivity contribution is 0.0932. The van der Waals surface area contributed by atoms with E-state index in [0.717, 1.165) is 5.56 Å². The van der Waals surface area contributed by atoms with Crippen LogP contribution in [-0.2, 0) is 11.2 Å². The van der Waals surface area contributed by atoms with Gasteiger partial charge in [0, 0.05) is 24.0 Å². The molecular formula is C18H19N3O3S. The van der Waals surface area contributed by atoms with Gasteiger partial charge >= 0.3 is 0 Å². The number of methoxy groups -OCH3 is 1. The highest BCUT2D eigenvalue weighted by atomic mass is 32.1. The number of nitrogens with one attached hydrogen (secondary N) is 1. The molecule has 0 fully saturated rings. The molecule has 0 aliphatic carbocycles. The summed E-state index contributed by atoms with van der Waals surface area (Å²) in [5.41, 5.74) is 1.69. The molecule has 2 heterocycles. The van der Waals surface area contributed by atoms with Crippen LogP contribution >= 0.6 is 11.3 Å². The van der Waals surface area contributed by atoms with E-state index < -0.39 is 0 Å². The zero-order valence-corrected chi connectivity index (χ0v) is 14.9. The molecule has 0 bridgehead atoms. The fourth-order valence-corrected chi connectivity index (χ4v) is 3.04. The molecule has 3 aromatic rings. The molecule has 0 aliphatic rings. The van der Waals surface area contributed by atoms with E-state index in [1.54, 1.807) is 18.4 Å². The van der Waals surface area contributed by atoms with E-state index in [4.69, 9.17) is 9.26 Å². The molecule has 3 rings (SSSR count). The van der Waals surface area contributed by atoms with Crippen molar-refractivity contribution in [2.45, 2.75) is 19.4 Å². The Bertz CT molecular complexity index is 812. The first-order chi connectivity index (χ1) is 12.2. The molecule has 0 saturated heterocycles. The molecule has 2 aromatic heterocycles. The predicted octanol–water partition coefficient (Wildman–Crippen LogP) is 3.48. The lowest BCUT2D eigenvalue weighted by Gasteiger charge is -2.10. The molecular weight excluding hydrogens is 338 g/mol. The molecule has 7 heteroatoms. The van der Waals surface area contributed by atoms with Crippen molar-refractivity contribution in [2.24, 2.45) is 0 Å². The number of carbonyl (C=O) groups is 1. The summed E-state index contributed by atoms with van der Waals surface area (Å²) in [4.78, 5) is 17.8. The molecule has 25 heavy (non-hydrogen) atoms. The standard InChI is InChI=1S/C18H19N3O3S/c1-12(18-20-16(21-24-18)9-10-23-2)19-17(22)14-7-5-13(6-8-14)15-4-3-11-25-15/h3-8,11-12H,9-10H2,1-2H3,(H,19,22). The van der Waals surface area contributed by atoms with Gasteiger partial charge < -0.3 is 14.6 Å². The number of rotatable bonds is 7. The van der Waals surface area contributed by atoms with Gasteiger partial charge in [0.25, 0.3) is 5.91 Å². The molecule has 0 aliphatic heterocycles. The lowest BCUT2D eigenvalue weighted by Crippen LogP contribution is -2.26. The second-order valence-corrected chi connectivity index (χ2v) is 6.49. The third-order valence-electron chi connectivity index (χ3n) is 3.68. The zero-order valence-electron chi connectivity index (χ0n) is 14.1. The number of benzene rings is 1. The van der Waals surface area contributed by atoms with Crippen LogP contribution in [0.3, 0.4) is 0 Å². The van der Waals surface area contributed by atoms with Gasteiger partial charge in [-0.3, -0.25) is 4.79 Å². The molecule has 130 valence electrons. The fraction of sp³-hybridized carbons (Fsp3) is 0.278. The van der Waals surface area contributed by atoms with E-state index in [1.807, 2.05) is 42.6 Å². The molecule has 1 N–H and O–H groups in total. The van der Waals surface area contributed by atoms with Gasteiger partial charge in [-0.1, -0.05) is 23.4 Å². The van der Waals surface area contributed by atoms with Crippen LogP contribution in [0, 0.1) is 0 Å². The number of ether oxygens (including phenoxy) is 1. The van der Waals surface area contributed by atoms with Crippen LogP contribution in [0.25, 0.3) is 10.4 Å². The Morgan fingerprint density at radius 2 is 2.12 bits per heavy atom. The van der Waals surface area contributed by atoms with Crippen molar-refractivity contribution >= 4 is 17.2 Å². The van der Waals surface area contributed by atoms with Crippen molar-refractivity contribution in [3.63, 3.8) is 0 Å². The Morgan fingerprint density at radius 3 is 2.80 bits per heavy atom.